The van der Waals surface area contributed by atoms with Gasteiger partial charge in [-0.1, -0.05) is 19.1 Å². The number of ether oxygens (including phenoxy) is 1. The molecule has 0 spiro atoms. The molecule has 2 rings (SSSR count). The van der Waals surface area contributed by atoms with Crippen LogP contribution in [0.2, 0.25) is 0 Å². The van der Waals surface area contributed by atoms with Crippen molar-refractivity contribution in [3.05, 3.63) is 59.7 Å². The van der Waals surface area contributed by atoms with E-state index in [4.69, 9.17) is 10.00 Å². The summed E-state index contributed by atoms with van der Waals surface area (Å²) in [6.45, 7) is 3.92. The van der Waals surface area contributed by atoms with Crippen molar-refractivity contribution in [3.63, 3.8) is 0 Å². The third-order valence-corrected chi connectivity index (χ3v) is 2.72. The van der Waals surface area contributed by atoms with Crippen molar-refractivity contribution in [1.82, 2.24) is 5.32 Å². The summed E-state index contributed by atoms with van der Waals surface area (Å²) in [7, 11) is 0. The molecule has 19 heavy (non-hydrogen) atoms. The van der Waals surface area contributed by atoms with E-state index in [2.05, 4.69) is 18.3 Å². The lowest BCUT2D eigenvalue weighted by atomic mass is 10.2. The van der Waals surface area contributed by atoms with E-state index in [0.717, 1.165) is 24.6 Å². The van der Waals surface area contributed by atoms with Crippen LogP contribution in [0.15, 0.2) is 48.5 Å². The van der Waals surface area contributed by atoms with Gasteiger partial charge in [-0.05, 0) is 48.5 Å². The Morgan fingerprint density at radius 2 is 1.58 bits per heavy atom. The molecule has 2 aromatic rings. The zero-order valence-electron chi connectivity index (χ0n) is 10.9. The largest absolute Gasteiger partial charge is 0.457 e. The molecular weight excluding hydrogens is 236 g/mol. The predicted octanol–water partition coefficient (Wildman–Crippen LogP) is 3.46. The predicted molar refractivity (Wildman–Crippen MR) is 75.1 cm³/mol. The summed E-state index contributed by atoms with van der Waals surface area (Å²) in [5, 5.41) is 12.0. The van der Waals surface area contributed by atoms with Gasteiger partial charge in [0.25, 0.3) is 0 Å². The molecule has 0 aliphatic heterocycles. The highest BCUT2D eigenvalue weighted by Gasteiger charge is 1.98. The molecule has 0 amide bonds. The third-order valence-electron chi connectivity index (χ3n) is 2.72. The highest BCUT2D eigenvalue weighted by molar-refractivity contribution is 5.37. The number of rotatable bonds is 5. The Bertz CT molecular complexity index is 553. The van der Waals surface area contributed by atoms with Gasteiger partial charge < -0.3 is 10.1 Å². The molecule has 96 valence electrons. The maximum Gasteiger partial charge on any atom is 0.127 e. The van der Waals surface area contributed by atoms with Crippen LogP contribution in [0.3, 0.4) is 0 Å². The van der Waals surface area contributed by atoms with E-state index in [1.54, 1.807) is 24.3 Å². The SMILES string of the molecule is CCNCc1ccc(Oc2ccc(C#N)cc2)cc1. The summed E-state index contributed by atoms with van der Waals surface area (Å²) in [5.74, 6) is 1.53. The fraction of sp³-hybridized carbons (Fsp3) is 0.188. The van der Waals surface area contributed by atoms with Crippen LogP contribution in [0.4, 0.5) is 0 Å². The minimum Gasteiger partial charge on any atom is -0.457 e. The summed E-state index contributed by atoms with van der Waals surface area (Å²) in [4.78, 5) is 0. The van der Waals surface area contributed by atoms with E-state index in [-0.39, 0.29) is 0 Å². The van der Waals surface area contributed by atoms with Crippen LogP contribution < -0.4 is 10.1 Å². The van der Waals surface area contributed by atoms with Gasteiger partial charge in [0.05, 0.1) is 11.6 Å². The van der Waals surface area contributed by atoms with Gasteiger partial charge in [0.1, 0.15) is 11.5 Å². The maximum absolute atomic E-state index is 8.72. The molecule has 2 aromatic carbocycles. The number of nitrogens with zero attached hydrogens (tertiary/aromatic N) is 1. The van der Waals surface area contributed by atoms with Crippen molar-refractivity contribution in [1.29, 1.82) is 5.26 Å². The molecule has 3 heteroatoms. The molecule has 0 atom stereocenters. The highest BCUT2D eigenvalue weighted by Crippen LogP contribution is 2.21. The highest BCUT2D eigenvalue weighted by atomic mass is 16.5. The van der Waals surface area contributed by atoms with Crippen LogP contribution in [0, 0.1) is 11.3 Å². The maximum atomic E-state index is 8.72. The normalized spacial score (nSPS) is 9.89. The Morgan fingerprint density at radius 1 is 1.00 bits per heavy atom. The van der Waals surface area contributed by atoms with Crippen LogP contribution >= 0.6 is 0 Å². The van der Waals surface area contributed by atoms with Gasteiger partial charge in [-0.15, -0.1) is 0 Å². The van der Waals surface area contributed by atoms with Crippen molar-refractivity contribution >= 4 is 0 Å². The van der Waals surface area contributed by atoms with Crippen molar-refractivity contribution in [2.45, 2.75) is 13.5 Å². The van der Waals surface area contributed by atoms with Crippen LogP contribution in [0.1, 0.15) is 18.1 Å². The molecule has 0 saturated carbocycles. The van der Waals surface area contributed by atoms with Crippen LogP contribution in [0.5, 0.6) is 11.5 Å². The number of hydrogen-bond donors (Lipinski definition) is 1. The number of nitrogens with one attached hydrogen (secondary N) is 1. The zero-order valence-corrected chi connectivity index (χ0v) is 10.9. The summed E-state index contributed by atoms with van der Waals surface area (Å²) >= 11 is 0. The second-order valence-electron chi connectivity index (χ2n) is 4.16. The van der Waals surface area contributed by atoms with E-state index < -0.39 is 0 Å². The first-order valence-corrected chi connectivity index (χ1v) is 6.29. The van der Waals surface area contributed by atoms with Gasteiger partial charge in [-0.2, -0.15) is 5.26 Å². The smallest absolute Gasteiger partial charge is 0.127 e. The fourth-order valence-electron chi connectivity index (χ4n) is 1.68. The zero-order chi connectivity index (χ0) is 13.5. The number of nitriles is 1. The van der Waals surface area contributed by atoms with E-state index >= 15 is 0 Å². The molecule has 0 heterocycles. The lowest BCUT2D eigenvalue weighted by molar-refractivity contribution is 0.482. The Balaban J connectivity index is 2.00. The van der Waals surface area contributed by atoms with E-state index in [0.29, 0.717) is 5.56 Å². The topological polar surface area (TPSA) is 45.0 Å². The van der Waals surface area contributed by atoms with E-state index in [9.17, 15) is 0 Å². The molecule has 0 saturated heterocycles. The van der Waals surface area contributed by atoms with Gasteiger partial charge in [0, 0.05) is 6.54 Å². The van der Waals surface area contributed by atoms with Crippen LogP contribution in [-0.2, 0) is 6.54 Å². The van der Waals surface area contributed by atoms with Gasteiger partial charge in [-0.25, -0.2) is 0 Å². The summed E-state index contributed by atoms with van der Waals surface area (Å²) in [6, 6.07) is 17.2. The summed E-state index contributed by atoms with van der Waals surface area (Å²) < 4.78 is 5.71. The molecule has 3 nitrogen and oxygen atoms in total. The molecule has 0 aliphatic rings. The number of hydrogen-bond acceptors (Lipinski definition) is 3. The fourth-order valence-corrected chi connectivity index (χ4v) is 1.68. The monoisotopic (exact) mass is 252 g/mol. The molecule has 0 aromatic heterocycles. The van der Waals surface area contributed by atoms with E-state index in [1.165, 1.54) is 5.56 Å². The van der Waals surface area contributed by atoms with E-state index in [1.807, 2.05) is 24.3 Å². The first kappa shape index (κ1) is 13.1. The van der Waals surface area contributed by atoms with Gasteiger partial charge in [-0.3, -0.25) is 0 Å². The van der Waals surface area contributed by atoms with Gasteiger partial charge >= 0.3 is 0 Å². The minimum absolute atomic E-state index is 0.633. The first-order valence-electron chi connectivity index (χ1n) is 6.29. The molecule has 0 bridgehead atoms. The Kier molecular flexibility index (Phi) is 4.54. The summed E-state index contributed by atoms with van der Waals surface area (Å²) in [5.41, 5.74) is 1.86. The standard InChI is InChI=1S/C16H16N2O/c1-2-18-12-14-5-9-16(10-6-14)19-15-7-3-13(11-17)4-8-15/h3-10,18H,2,12H2,1H3. The lowest BCUT2D eigenvalue weighted by Gasteiger charge is -2.07. The quantitative estimate of drug-likeness (QED) is 0.886. The average Bonchev–Trinajstić information content (AvgIpc) is 2.47. The van der Waals surface area contributed by atoms with Crippen molar-refractivity contribution in [3.8, 4) is 17.6 Å². The summed E-state index contributed by atoms with van der Waals surface area (Å²) in [6.07, 6.45) is 0. The molecule has 0 radical (unpaired) electrons. The van der Waals surface area contributed by atoms with Gasteiger partial charge in [0.2, 0.25) is 0 Å². The Hall–Kier alpha value is -2.31. The van der Waals surface area contributed by atoms with Gasteiger partial charge in [0.15, 0.2) is 0 Å². The molecule has 0 aliphatic carbocycles. The van der Waals surface area contributed by atoms with Crippen molar-refractivity contribution in [2.24, 2.45) is 0 Å². The molecule has 0 fully saturated rings. The Labute approximate surface area is 113 Å². The average molecular weight is 252 g/mol. The minimum atomic E-state index is 0.633. The lowest BCUT2D eigenvalue weighted by Crippen LogP contribution is -2.11. The van der Waals surface area contributed by atoms with Crippen LogP contribution in [0.25, 0.3) is 0 Å². The molecule has 1 N–H and O–H groups in total. The second-order valence-corrected chi connectivity index (χ2v) is 4.16. The molecular formula is C16H16N2O. The molecule has 0 unspecified atom stereocenters. The number of benzene rings is 2. The first-order chi connectivity index (χ1) is 9.31. The third kappa shape index (κ3) is 3.84. The van der Waals surface area contributed by atoms with Crippen molar-refractivity contribution in [2.75, 3.05) is 6.54 Å². The van der Waals surface area contributed by atoms with Crippen molar-refractivity contribution < 1.29 is 4.74 Å². The van der Waals surface area contributed by atoms with Crippen LogP contribution in [-0.4, -0.2) is 6.54 Å². The second kappa shape index (κ2) is 6.58. The Morgan fingerprint density at radius 3 is 2.11 bits per heavy atom.